The smallest absolute Gasteiger partial charge is 0.159 e. The molecule has 35 heavy (non-hydrogen) atoms. The topological polar surface area (TPSA) is 17.1 Å². The monoisotopic (exact) mass is 490 g/mol. The van der Waals surface area contributed by atoms with E-state index in [0.29, 0.717) is 11.1 Å². The van der Waals surface area contributed by atoms with Crippen LogP contribution in [0, 0.1) is 23.4 Å². The fourth-order valence-electron chi connectivity index (χ4n) is 3.01. The molecular weight excluding hydrogens is 445 g/mol. The second kappa shape index (κ2) is 20.7. The fraction of sp³-hybridized carbons (Fsp3) is 0.452. The molecule has 1 nitrogen and oxygen atoms in total. The van der Waals surface area contributed by atoms with E-state index >= 15 is 0 Å². The molecule has 0 amide bonds. The van der Waals surface area contributed by atoms with Crippen LogP contribution in [0.2, 0.25) is 0 Å². The van der Waals surface area contributed by atoms with Crippen molar-refractivity contribution in [1.82, 2.24) is 0 Å². The van der Waals surface area contributed by atoms with Crippen LogP contribution in [0.4, 0.5) is 13.2 Å². The molecule has 0 spiro atoms. The molecule has 196 valence electrons. The average molecular weight is 491 g/mol. The van der Waals surface area contributed by atoms with E-state index in [2.05, 4.69) is 13.5 Å². The molecule has 0 aromatic heterocycles. The molecule has 2 aromatic carbocycles. The first-order chi connectivity index (χ1) is 16.6. The molecule has 0 unspecified atom stereocenters. The van der Waals surface area contributed by atoms with Gasteiger partial charge in [0.15, 0.2) is 17.4 Å². The number of rotatable bonds is 3. The van der Waals surface area contributed by atoms with Gasteiger partial charge in [-0.1, -0.05) is 77.7 Å². The zero-order valence-electron chi connectivity index (χ0n) is 23.0. The van der Waals surface area contributed by atoms with Gasteiger partial charge in [0.05, 0.1) is 0 Å². The third-order valence-corrected chi connectivity index (χ3v) is 5.30. The minimum Gasteiger partial charge on any atom is -0.295 e. The van der Waals surface area contributed by atoms with Crippen molar-refractivity contribution < 1.29 is 18.0 Å². The lowest BCUT2D eigenvalue weighted by Crippen LogP contribution is -1.90. The van der Waals surface area contributed by atoms with Crippen LogP contribution in [-0.4, -0.2) is 5.78 Å². The molecule has 1 aliphatic rings. The van der Waals surface area contributed by atoms with E-state index in [-0.39, 0.29) is 5.78 Å². The van der Waals surface area contributed by atoms with E-state index in [1.54, 1.807) is 25.1 Å². The Balaban J connectivity index is 0. The lowest BCUT2D eigenvalue weighted by atomic mass is 10.0. The molecule has 3 rings (SSSR count). The SMILES string of the molecule is C/C=C(\C)C(C)=O.C=CC.CC.CC1CCCC1.CCc1ccc(F)c(-c2ccc(F)c(F)c2)c1. The quantitative estimate of drug-likeness (QED) is 0.309. The molecule has 1 fully saturated rings. The molecule has 4 heteroatoms. The number of carbonyl (C=O) groups excluding carboxylic acids is 1. The summed E-state index contributed by atoms with van der Waals surface area (Å²) in [4.78, 5) is 10.3. The van der Waals surface area contributed by atoms with Crippen molar-refractivity contribution >= 4 is 5.78 Å². The predicted molar refractivity (Wildman–Crippen MR) is 146 cm³/mol. The van der Waals surface area contributed by atoms with Crippen LogP contribution < -0.4 is 0 Å². The van der Waals surface area contributed by atoms with Crippen molar-refractivity contribution in [1.29, 1.82) is 0 Å². The first-order valence-electron chi connectivity index (χ1n) is 12.6. The summed E-state index contributed by atoms with van der Waals surface area (Å²) in [7, 11) is 0. The van der Waals surface area contributed by atoms with Gasteiger partial charge in [-0.15, -0.1) is 6.58 Å². The van der Waals surface area contributed by atoms with Gasteiger partial charge >= 0.3 is 0 Å². The van der Waals surface area contributed by atoms with Crippen molar-refractivity contribution in [2.75, 3.05) is 0 Å². The molecule has 0 bridgehead atoms. The maximum absolute atomic E-state index is 13.6. The van der Waals surface area contributed by atoms with E-state index in [9.17, 15) is 18.0 Å². The Morgan fingerprint density at radius 3 is 1.80 bits per heavy atom. The summed E-state index contributed by atoms with van der Waals surface area (Å²) in [5.74, 6) is -1.13. The summed E-state index contributed by atoms with van der Waals surface area (Å²) < 4.78 is 39.5. The number of carbonyl (C=O) groups is 1. The highest BCUT2D eigenvalue weighted by molar-refractivity contribution is 5.92. The van der Waals surface area contributed by atoms with Crippen LogP contribution in [0.15, 0.2) is 60.7 Å². The van der Waals surface area contributed by atoms with Crippen LogP contribution >= 0.6 is 0 Å². The highest BCUT2D eigenvalue weighted by Crippen LogP contribution is 2.26. The standard InChI is InChI=1S/C14H11F3.C6H10O.C6H12.C3H6.C2H6/c1-2-9-3-5-12(15)11(7-9)10-4-6-13(16)14(17)8-10;1-4-5(2)6(3)7;1-6-4-2-3-5-6;1-3-2;1-2/h3-8H,2H2,1H3;4H,1-3H3;6H,2-5H2,1H3;3H,1H2,2H3;1-2H3/b;5-4+;;;. The zero-order valence-corrected chi connectivity index (χ0v) is 23.0. The Morgan fingerprint density at radius 1 is 0.943 bits per heavy atom. The number of Topliss-reactive ketones (excluding diaryl/α,β-unsaturated/α-hetero) is 1. The summed E-state index contributed by atoms with van der Waals surface area (Å²) in [5.41, 5.74) is 2.42. The Kier molecular flexibility index (Phi) is 20.5. The van der Waals surface area contributed by atoms with Crippen LogP contribution in [0.3, 0.4) is 0 Å². The van der Waals surface area contributed by atoms with E-state index < -0.39 is 17.5 Å². The average Bonchev–Trinajstić information content (AvgIpc) is 3.34. The van der Waals surface area contributed by atoms with Crippen LogP contribution in [-0.2, 0) is 11.2 Å². The highest BCUT2D eigenvalue weighted by atomic mass is 19.2. The first-order valence-corrected chi connectivity index (χ1v) is 12.6. The molecule has 1 saturated carbocycles. The molecule has 0 saturated heterocycles. The largest absolute Gasteiger partial charge is 0.295 e. The number of allylic oxidation sites excluding steroid dienone is 3. The van der Waals surface area contributed by atoms with Gasteiger partial charge in [-0.05, 0) is 81.0 Å². The van der Waals surface area contributed by atoms with Crippen molar-refractivity contribution in [3.8, 4) is 11.1 Å². The summed E-state index contributed by atoms with van der Waals surface area (Å²) in [6.45, 7) is 18.8. The summed E-state index contributed by atoms with van der Waals surface area (Å²) in [6, 6.07) is 8.06. The molecule has 0 aliphatic heterocycles. The van der Waals surface area contributed by atoms with Gasteiger partial charge in [0.1, 0.15) is 5.82 Å². The van der Waals surface area contributed by atoms with Crippen molar-refractivity contribution in [2.45, 2.75) is 87.5 Å². The van der Waals surface area contributed by atoms with Gasteiger partial charge in [0.2, 0.25) is 0 Å². The molecule has 0 N–H and O–H groups in total. The molecule has 0 heterocycles. The van der Waals surface area contributed by atoms with Gasteiger partial charge in [0.25, 0.3) is 0 Å². The van der Waals surface area contributed by atoms with E-state index in [1.807, 2.05) is 47.6 Å². The Hall–Kier alpha value is -2.62. The summed E-state index contributed by atoms with van der Waals surface area (Å²) >= 11 is 0. The highest BCUT2D eigenvalue weighted by Gasteiger charge is 2.09. The first kappa shape index (κ1) is 34.5. The lowest BCUT2D eigenvalue weighted by molar-refractivity contribution is -0.113. The number of aryl methyl sites for hydroxylation is 1. The fourth-order valence-corrected chi connectivity index (χ4v) is 3.01. The normalized spacial score (nSPS) is 12.4. The number of ketones is 1. The molecule has 1 aliphatic carbocycles. The second-order valence-electron chi connectivity index (χ2n) is 8.12. The third-order valence-electron chi connectivity index (χ3n) is 5.30. The maximum atomic E-state index is 13.6. The zero-order chi connectivity index (χ0) is 27.4. The van der Waals surface area contributed by atoms with Gasteiger partial charge in [-0.3, -0.25) is 4.79 Å². The van der Waals surface area contributed by atoms with E-state index in [4.69, 9.17) is 0 Å². The number of hydrogen-bond acceptors (Lipinski definition) is 1. The van der Waals surface area contributed by atoms with Crippen molar-refractivity contribution in [3.05, 3.63) is 83.7 Å². The minimum absolute atomic E-state index is 0.155. The van der Waals surface area contributed by atoms with Gasteiger partial charge in [0, 0.05) is 5.56 Å². The lowest BCUT2D eigenvalue weighted by Gasteiger charge is -2.06. The summed E-state index contributed by atoms with van der Waals surface area (Å²) in [6.07, 6.45) is 10.3. The van der Waals surface area contributed by atoms with Gasteiger partial charge < -0.3 is 0 Å². The molecule has 0 atom stereocenters. The van der Waals surface area contributed by atoms with E-state index in [1.165, 1.54) is 37.8 Å². The van der Waals surface area contributed by atoms with Crippen molar-refractivity contribution in [2.24, 2.45) is 5.92 Å². The maximum Gasteiger partial charge on any atom is 0.159 e. The Labute approximate surface area is 212 Å². The Bertz CT molecular complexity index is 894. The molecule has 0 radical (unpaired) electrons. The second-order valence-corrected chi connectivity index (χ2v) is 8.12. The summed E-state index contributed by atoms with van der Waals surface area (Å²) in [5, 5.41) is 0. The van der Waals surface area contributed by atoms with Gasteiger partial charge in [-0.25, -0.2) is 13.2 Å². The van der Waals surface area contributed by atoms with Crippen LogP contribution in [0.25, 0.3) is 11.1 Å². The third kappa shape index (κ3) is 15.1. The predicted octanol–water partition coefficient (Wildman–Crippen LogP) is 10.3. The number of benzene rings is 2. The minimum atomic E-state index is -0.969. The van der Waals surface area contributed by atoms with Crippen molar-refractivity contribution in [3.63, 3.8) is 0 Å². The van der Waals surface area contributed by atoms with Crippen LogP contribution in [0.5, 0.6) is 0 Å². The number of halogens is 3. The molecular formula is C31H45F3O. The van der Waals surface area contributed by atoms with Gasteiger partial charge in [-0.2, -0.15) is 0 Å². The Morgan fingerprint density at radius 2 is 1.46 bits per heavy atom. The van der Waals surface area contributed by atoms with E-state index in [0.717, 1.165) is 35.6 Å². The van der Waals surface area contributed by atoms with Crippen LogP contribution in [0.1, 0.15) is 86.6 Å². The molecule has 2 aromatic rings. The number of hydrogen-bond donors (Lipinski definition) is 0.